The van der Waals surface area contributed by atoms with E-state index in [1.807, 2.05) is 6.92 Å². The summed E-state index contributed by atoms with van der Waals surface area (Å²) in [5.74, 6) is -0.485. The van der Waals surface area contributed by atoms with Crippen LogP contribution in [0, 0.1) is 11.6 Å². The molecule has 0 spiro atoms. The Morgan fingerprint density at radius 3 is 2.51 bits per heavy atom. The summed E-state index contributed by atoms with van der Waals surface area (Å²) in [7, 11) is 0. The zero-order chi connectivity index (χ0) is 23.9. The number of carbonyl (C=O) groups excluding carboxylic acids is 1. The summed E-state index contributed by atoms with van der Waals surface area (Å²) in [5, 5.41) is 0.321. The van der Waals surface area contributed by atoms with Crippen molar-refractivity contribution >= 4 is 45.0 Å². The standard InChI is InChI=1S/C24H27F2N3O4S.ClH/c1-2-32-18-4-6-19(7-5-18)33-16-22(30)29(9-3-8-28-10-12-31-13-11-28)24-27-23-20(26)14-17(25)15-21(23)34-24;/h4-7,14-15H,2-3,8-13,16H2,1H3;1H. The van der Waals surface area contributed by atoms with Crippen molar-refractivity contribution in [2.24, 2.45) is 0 Å². The molecule has 0 N–H and O–H groups in total. The average Bonchev–Trinajstić information content (AvgIpc) is 3.26. The SMILES string of the molecule is CCOc1ccc(OCC(=O)N(CCCN2CCOCC2)c2nc3c(F)cc(F)cc3s2)cc1.Cl. The molecule has 1 aliphatic rings. The Morgan fingerprint density at radius 2 is 1.83 bits per heavy atom. The Labute approximate surface area is 213 Å². The molecule has 4 rings (SSSR count). The number of thiazole rings is 1. The van der Waals surface area contributed by atoms with Gasteiger partial charge in [0.15, 0.2) is 17.6 Å². The molecule has 1 saturated heterocycles. The highest BCUT2D eigenvalue weighted by molar-refractivity contribution is 7.22. The third kappa shape index (κ3) is 7.23. The number of hydrogen-bond donors (Lipinski definition) is 0. The molecule has 1 amide bonds. The maximum absolute atomic E-state index is 14.2. The minimum absolute atomic E-state index is 0. The van der Waals surface area contributed by atoms with Crippen LogP contribution in [0.25, 0.3) is 10.2 Å². The second-order valence-electron chi connectivity index (χ2n) is 7.78. The molecule has 1 fully saturated rings. The van der Waals surface area contributed by atoms with Gasteiger partial charge in [0, 0.05) is 32.2 Å². The number of halogens is 3. The number of anilines is 1. The fraction of sp³-hybridized carbons (Fsp3) is 0.417. The van der Waals surface area contributed by atoms with E-state index >= 15 is 0 Å². The van der Waals surface area contributed by atoms with Crippen molar-refractivity contribution in [2.75, 3.05) is 57.5 Å². The number of amides is 1. The van der Waals surface area contributed by atoms with Crippen molar-refractivity contribution in [3.8, 4) is 11.5 Å². The molecule has 1 aromatic heterocycles. The maximum Gasteiger partial charge on any atom is 0.266 e. The molecule has 2 heterocycles. The Balaban J connectivity index is 0.00000342. The highest BCUT2D eigenvalue weighted by atomic mass is 35.5. The van der Waals surface area contributed by atoms with Gasteiger partial charge in [0.05, 0.1) is 24.5 Å². The first-order valence-corrected chi connectivity index (χ1v) is 12.1. The van der Waals surface area contributed by atoms with Crippen molar-refractivity contribution in [3.63, 3.8) is 0 Å². The molecular formula is C24H28ClF2N3O4S. The van der Waals surface area contributed by atoms with Gasteiger partial charge in [-0.25, -0.2) is 13.8 Å². The van der Waals surface area contributed by atoms with Crippen LogP contribution < -0.4 is 14.4 Å². The highest BCUT2D eigenvalue weighted by Crippen LogP contribution is 2.31. The number of aromatic nitrogens is 1. The second-order valence-corrected chi connectivity index (χ2v) is 8.79. The fourth-order valence-electron chi connectivity index (χ4n) is 3.69. The molecule has 1 aliphatic heterocycles. The Morgan fingerprint density at radius 1 is 1.14 bits per heavy atom. The minimum Gasteiger partial charge on any atom is -0.494 e. The molecule has 2 aromatic carbocycles. The number of hydrogen-bond acceptors (Lipinski definition) is 7. The van der Waals surface area contributed by atoms with Gasteiger partial charge < -0.3 is 14.2 Å². The highest BCUT2D eigenvalue weighted by Gasteiger charge is 2.22. The van der Waals surface area contributed by atoms with Crippen LogP contribution in [-0.4, -0.2) is 68.4 Å². The van der Waals surface area contributed by atoms with Gasteiger partial charge >= 0.3 is 0 Å². The smallest absolute Gasteiger partial charge is 0.266 e. The van der Waals surface area contributed by atoms with E-state index in [4.69, 9.17) is 14.2 Å². The topological polar surface area (TPSA) is 64.1 Å². The molecule has 7 nitrogen and oxygen atoms in total. The van der Waals surface area contributed by atoms with Crippen LogP contribution in [0.5, 0.6) is 11.5 Å². The lowest BCUT2D eigenvalue weighted by Crippen LogP contribution is -2.40. The zero-order valence-corrected chi connectivity index (χ0v) is 21.0. The van der Waals surface area contributed by atoms with Crippen LogP contribution in [0.1, 0.15) is 13.3 Å². The fourth-order valence-corrected chi connectivity index (χ4v) is 4.74. The van der Waals surface area contributed by atoms with Crippen LogP contribution in [0.15, 0.2) is 36.4 Å². The lowest BCUT2D eigenvalue weighted by atomic mass is 10.3. The van der Waals surface area contributed by atoms with E-state index < -0.39 is 11.6 Å². The van der Waals surface area contributed by atoms with Crippen LogP contribution >= 0.6 is 23.7 Å². The molecule has 0 unspecified atom stereocenters. The summed E-state index contributed by atoms with van der Waals surface area (Å²) >= 11 is 1.09. The van der Waals surface area contributed by atoms with Gasteiger partial charge in [0.25, 0.3) is 5.91 Å². The van der Waals surface area contributed by atoms with Crippen molar-refractivity contribution in [1.82, 2.24) is 9.88 Å². The molecule has 0 atom stereocenters. The third-order valence-electron chi connectivity index (χ3n) is 5.39. The lowest BCUT2D eigenvalue weighted by molar-refractivity contribution is -0.120. The average molecular weight is 528 g/mol. The van der Waals surface area contributed by atoms with Crippen molar-refractivity contribution in [2.45, 2.75) is 13.3 Å². The minimum atomic E-state index is -0.746. The molecule has 0 radical (unpaired) electrons. The number of fused-ring (bicyclic) bond motifs is 1. The molecule has 0 saturated carbocycles. The maximum atomic E-state index is 14.2. The van der Waals surface area contributed by atoms with Gasteiger partial charge in [-0.15, -0.1) is 12.4 Å². The molecule has 190 valence electrons. The summed E-state index contributed by atoms with van der Waals surface area (Å²) in [6.07, 6.45) is 0.696. The summed E-state index contributed by atoms with van der Waals surface area (Å²) in [4.78, 5) is 21.2. The Bertz CT molecular complexity index is 1110. The third-order valence-corrected chi connectivity index (χ3v) is 6.42. The van der Waals surface area contributed by atoms with E-state index in [1.54, 1.807) is 24.3 Å². The number of nitrogens with zero attached hydrogens (tertiary/aromatic N) is 3. The summed E-state index contributed by atoms with van der Waals surface area (Å²) in [6, 6.07) is 9.04. The molecular weight excluding hydrogens is 500 g/mol. The van der Waals surface area contributed by atoms with E-state index in [2.05, 4.69) is 9.88 Å². The van der Waals surface area contributed by atoms with Crippen LogP contribution in [0.4, 0.5) is 13.9 Å². The number of ether oxygens (including phenoxy) is 3. The van der Waals surface area contributed by atoms with E-state index in [1.165, 1.54) is 11.0 Å². The van der Waals surface area contributed by atoms with E-state index in [-0.39, 0.29) is 30.4 Å². The first-order chi connectivity index (χ1) is 16.5. The number of carbonyl (C=O) groups is 1. The van der Waals surface area contributed by atoms with Gasteiger partial charge in [0.1, 0.15) is 22.8 Å². The predicted octanol–water partition coefficient (Wildman–Crippen LogP) is 4.53. The molecule has 3 aromatic rings. The Kier molecular flexibility index (Phi) is 10.0. The van der Waals surface area contributed by atoms with Gasteiger partial charge in [-0.1, -0.05) is 11.3 Å². The first-order valence-electron chi connectivity index (χ1n) is 11.2. The number of morpholine rings is 1. The summed E-state index contributed by atoms with van der Waals surface area (Å²) in [5.41, 5.74) is 0.0554. The number of rotatable bonds is 10. The Hall–Kier alpha value is -2.53. The molecule has 0 aliphatic carbocycles. The van der Waals surface area contributed by atoms with Gasteiger partial charge in [0.2, 0.25) is 0 Å². The first kappa shape index (κ1) is 27.1. The van der Waals surface area contributed by atoms with Crippen molar-refractivity contribution < 1.29 is 27.8 Å². The van der Waals surface area contributed by atoms with Crippen LogP contribution in [0.2, 0.25) is 0 Å². The molecule has 35 heavy (non-hydrogen) atoms. The van der Waals surface area contributed by atoms with Gasteiger partial charge in [-0.2, -0.15) is 0 Å². The van der Waals surface area contributed by atoms with Crippen molar-refractivity contribution in [1.29, 1.82) is 0 Å². The van der Waals surface area contributed by atoms with E-state index in [0.29, 0.717) is 48.4 Å². The van der Waals surface area contributed by atoms with Gasteiger partial charge in [-0.05, 0) is 43.7 Å². The predicted molar refractivity (Wildman–Crippen MR) is 134 cm³/mol. The van der Waals surface area contributed by atoms with Crippen LogP contribution in [0.3, 0.4) is 0 Å². The van der Waals surface area contributed by atoms with Crippen molar-refractivity contribution in [3.05, 3.63) is 48.0 Å². The monoisotopic (exact) mass is 527 g/mol. The number of benzene rings is 2. The zero-order valence-electron chi connectivity index (χ0n) is 19.4. The molecule has 11 heteroatoms. The van der Waals surface area contributed by atoms with E-state index in [0.717, 1.165) is 42.8 Å². The van der Waals surface area contributed by atoms with Gasteiger partial charge in [-0.3, -0.25) is 14.6 Å². The largest absolute Gasteiger partial charge is 0.494 e. The summed E-state index contributed by atoms with van der Waals surface area (Å²) in [6.45, 7) is 6.51. The molecule has 0 bridgehead atoms. The lowest BCUT2D eigenvalue weighted by Gasteiger charge is -2.27. The summed E-state index contributed by atoms with van der Waals surface area (Å²) < 4.78 is 44.7. The van der Waals surface area contributed by atoms with E-state index in [9.17, 15) is 13.6 Å². The van der Waals surface area contributed by atoms with Crippen LogP contribution in [-0.2, 0) is 9.53 Å². The quantitative estimate of drug-likeness (QED) is 0.386. The second kappa shape index (κ2) is 13.0. The normalized spacial score (nSPS) is 13.9.